The Morgan fingerprint density at radius 3 is 2.28 bits per heavy atom. The first-order valence-corrected chi connectivity index (χ1v) is 10.1. The SMILES string of the molecule is CCC(CC)N1C(=O)c2cccc(N=N/C(C(=O)Nc3ccccc3)=C(/C)O)c2C1=O.[Ni+2]. The zero-order valence-corrected chi connectivity index (χ0v) is 18.9. The van der Waals surface area contributed by atoms with Crippen molar-refractivity contribution in [2.75, 3.05) is 5.32 Å². The molecule has 0 saturated carbocycles. The maximum Gasteiger partial charge on any atom is 2.00 e. The average Bonchev–Trinajstić information content (AvgIpc) is 3.01. The van der Waals surface area contributed by atoms with Gasteiger partial charge in [0.2, 0.25) is 0 Å². The molecule has 3 rings (SSSR count). The fraction of sp³-hybridized carbons (Fsp3) is 0.261. The van der Waals surface area contributed by atoms with E-state index in [-0.39, 0.29) is 56.7 Å². The van der Waals surface area contributed by atoms with Gasteiger partial charge in [0.05, 0.1) is 16.8 Å². The second-order valence-corrected chi connectivity index (χ2v) is 7.10. The van der Waals surface area contributed by atoms with Crippen molar-refractivity contribution in [3.8, 4) is 0 Å². The van der Waals surface area contributed by atoms with E-state index in [2.05, 4.69) is 15.5 Å². The summed E-state index contributed by atoms with van der Waals surface area (Å²) >= 11 is 0. The first-order chi connectivity index (χ1) is 14.9. The number of benzene rings is 2. The number of azo groups is 1. The number of rotatable bonds is 7. The Kier molecular flexibility index (Phi) is 8.43. The summed E-state index contributed by atoms with van der Waals surface area (Å²) in [5, 5.41) is 20.5. The molecule has 32 heavy (non-hydrogen) atoms. The zero-order chi connectivity index (χ0) is 22.5. The summed E-state index contributed by atoms with van der Waals surface area (Å²) in [5.41, 5.74) is 0.809. The number of aliphatic hydroxyl groups excluding tert-OH is 1. The normalized spacial score (nSPS) is 13.8. The third-order valence-electron chi connectivity index (χ3n) is 5.08. The Bertz CT molecular complexity index is 1070. The van der Waals surface area contributed by atoms with Crippen molar-refractivity contribution in [3.63, 3.8) is 0 Å². The van der Waals surface area contributed by atoms with Gasteiger partial charge in [-0.3, -0.25) is 19.3 Å². The maximum absolute atomic E-state index is 13.0. The number of allylic oxidation sites excluding steroid dienone is 1. The van der Waals surface area contributed by atoms with Crippen molar-refractivity contribution in [3.05, 3.63) is 71.1 Å². The van der Waals surface area contributed by atoms with Gasteiger partial charge in [-0.1, -0.05) is 38.1 Å². The monoisotopic (exact) mass is 478 g/mol. The number of carbonyl (C=O) groups is 3. The smallest absolute Gasteiger partial charge is 0.510 e. The summed E-state index contributed by atoms with van der Waals surface area (Å²) in [6, 6.07) is 13.2. The standard InChI is InChI=1S/C23H24N4O4.Ni/c1-4-16(5-2)27-22(30)17-12-9-13-18(19(17)23(27)31)25-26-20(14(3)28)21(29)24-15-10-7-6-8-11-15;/h6-13,16,28H,4-5H2,1-3H3,(H,24,29);/q;+2/b20-14-,26-25?;. The number of anilines is 1. The molecule has 0 saturated heterocycles. The van der Waals surface area contributed by atoms with E-state index < -0.39 is 11.8 Å². The van der Waals surface area contributed by atoms with Gasteiger partial charge in [0.1, 0.15) is 5.76 Å². The number of nitrogens with zero attached hydrogens (tertiary/aromatic N) is 3. The van der Waals surface area contributed by atoms with Crippen LogP contribution >= 0.6 is 0 Å². The van der Waals surface area contributed by atoms with Crippen molar-refractivity contribution in [2.24, 2.45) is 10.2 Å². The molecule has 0 aromatic heterocycles. The largest absolute Gasteiger partial charge is 2.00 e. The van der Waals surface area contributed by atoms with Gasteiger partial charge in [-0.2, -0.15) is 0 Å². The molecule has 8 nitrogen and oxygen atoms in total. The maximum atomic E-state index is 13.0. The summed E-state index contributed by atoms with van der Waals surface area (Å²) in [4.78, 5) is 39.6. The van der Waals surface area contributed by atoms with Crippen LogP contribution in [0, 0.1) is 0 Å². The van der Waals surface area contributed by atoms with Crippen LogP contribution in [0.3, 0.4) is 0 Å². The number of para-hydroxylation sites is 1. The summed E-state index contributed by atoms with van der Waals surface area (Å²) in [6.07, 6.45) is 1.30. The van der Waals surface area contributed by atoms with Crippen LogP contribution in [0.2, 0.25) is 0 Å². The minimum Gasteiger partial charge on any atom is -0.510 e. The van der Waals surface area contributed by atoms with E-state index in [9.17, 15) is 19.5 Å². The van der Waals surface area contributed by atoms with E-state index in [0.717, 1.165) is 0 Å². The molecule has 3 amide bonds. The molecular weight excluding hydrogens is 455 g/mol. The molecule has 0 spiro atoms. The summed E-state index contributed by atoms with van der Waals surface area (Å²) in [7, 11) is 0. The van der Waals surface area contributed by atoms with Crippen LogP contribution in [-0.2, 0) is 21.3 Å². The number of nitrogens with one attached hydrogen (secondary N) is 1. The van der Waals surface area contributed by atoms with Crippen LogP contribution < -0.4 is 5.32 Å². The summed E-state index contributed by atoms with van der Waals surface area (Å²) in [6.45, 7) is 5.16. The van der Waals surface area contributed by atoms with Gasteiger partial charge in [-0.15, -0.1) is 10.2 Å². The topological polar surface area (TPSA) is 111 Å². The molecule has 2 N–H and O–H groups in total. The van der Waals surface area contributed by atoms with E-state index in [1.165, 1.54) is 11.8 Å². The molecule has 0 aliphatic carbocycles. The second-order valence-electron chi connectivity index (χ2n) is 7.10. The summed E-state index contributed by atoms with van der Waals surface area (Å²) < 4.78 is 0. The zero-order valence-electron chi connectivity index (χ0n) is 17.9. The molecule has 2 aromatic carbocycles. The van der Waals surface area contributed by atoms with E-state index in [0.29, 0.717) is 18.5 Å². The second kappa shape index (κ2) is 10.8. The molecule has 2 aromatic rings. The van der Waals surface area contributed by atoms with Gasteiger partial charge in [0, 0.05) is 11.7 Å². The molecule has 1 aliphatic heterocycles. The van der Waals surface area contributed by atoms with Crippen LogP contribution in [0.1, 0.15) is 54.3 Å². The predicted octanol–water partition coefficient (Wildman–Crippen LogP) is 4.98. The molecule has 1 heterocycles. The van der Waals surface area contributed by atoms with Crippen molar-refractivity contribution in [1.29, 1.82) is 0 Å². The Hall–Kier alpha value is -3.32. The van der Waals surface area contributed by atoms with E-state index >= 15 is 0 Å². The molecule has 1 aliphatic rings. The van der Waals surface area contributed by atoms with Gasteiger partial charge in [-0.05, 0) is 44.0 Å². The first-order valence-electron chi connectivity index (χ1n) is 10.1. The molecule has 0 bridgehead atoms. The quantitative estimate of drug-likeness (QED) is 0.192. The molecule has 0 radical (unpaired) electrons. The van der Waals surface area contributed by atoms with Crippen LogP contribution in [0.15, 0.2) is 70.2 Å². The minimum atomic E-state index is -0.649. The Balaban J connectivity index is 0.00000363. The number of carbonyl (C=O) groups excluding carboxylic acids is 3. The number of hydrogen-bond donors (Lipinski definition) is 2. The van der Waals surface area contributed by atoms with Crippen LogP contribution in [0.4, 0.5) is 11.4 Å². The molecular formula is C23H24N4NiO4+2. The predicted molar refractivity (Wildman–Crippen MR) is 116 cm³/mol. The fourth-order valence-corrected chi connectivity index (χ4v) is 3.45. The minimum absolute atomic E-state index is 0. The van der Waals surface area contributed by atoms with Crippen molar-refractivity contribution in [1.82, 2.24) is 4.90 Å². The molecule has 168 valence electrons. The van der Waals surface area contributed by atoms with E-state index in [1.54, 1.807) is 42.5 Å². The number of aliphatic hydroxyl groups is 1. The third kappa shape index (κ3) is 4.94. The van der Waals surface area contributed by atoms with Crippen LogP contribution in [0.25, 0.3) is 0 Å². The number of fused-ring (bicyclic) bond motifs is 1. The van der Waals surface area contributed by atoms with Crippen molar-refractivity contribution in [2.45, 2.75) is 39.7 Å². The third-order valence-corrected chi connectivity index (χ3v) is 5.08. The molecule has 0 fully saturated rings. The molecule has 0 unspecified atom stereocenters. The number of imide groups is 1. The van der Waals surface area contributed by atoms with Crippen molar-refractivity contribution >= 4 is 29.1 Å². The number of amides is 3. The van der Waals surface area contributed by atoms with Gasteiger partial charge in [-0.25, -0.2) is 0 Å². The number of hydrogen-bond acceptors (Lipinski definition) is 6. The Morgan fingerprint density at radius 1 is 1.03 bits per heavy atom. The average molecular weight is 479 g/mol. The van der Waals surface area contributed by atoms with Gasteiger partial charge >= 0.3 is 16.5 Å². The van der Waals surface area contributed by atoms with Gasteiger partial charge in [0.25, 0.3) is 17.7 Å². The van der Waals surface area contributed by atoms with Crippen molar-refractivity contribution < 1.29 is 36.0 Å². The van der Waals surface area contributed by atoms with Gasteiger partial charge < -0.3 is 10.4 Å². The van der Waals surface area contributed by atoms with Crippen LogP contribution in [0.5, 0.6) is 0 Å². The fourth-order valence-electron chi connectivity index (χ4n) is 3.45. The summed E-state index contributed by atoms with van der Waals surface area (Å²) in [5.74, 6) is -1.76. The van der Waals surface area contributed by atoms with E-state index in [1.807, 2.05) is 19.9 Å². The Labute approximate surface area is 196 Å². The van der Waals surface area contributed by atoms with Crippen LogP contribution in [-0.4, -0.2) is 33.8 Å². The van der Waals surface area contributed by atoms with E-state index in [4.69, 9.17) is 0 Å². The molecule has 9 heteroatoms. The molecule has 0 atom stereocenters. The first kappa shape index (κ1) is 24.9. The van der Waals surface area contributed by atoms with Gasteiger partial charge in [0.15, 0.2) is 5.70 Å². The Morgan fingerprint density at radius 2 is 1.69 bits per heavy atom.